The van der Waals surface area contributed by atoms with Crippen LogP contribution in [-0.4, -0.2) is 6.29 Å². The highest BCUT2D eigenvalue weighted by Crippen LogP contribution is 2.25. The maximum atomic E-state index is 11.2. The molecule has 0 radical (unpaired) electrons. The van der Waals surface area contributed by atoms with Gasteiger partial charge >= 0.3 is 0 Å². The van der Waals surface area contributed by atoms with Gasteiger partial charge in [0.05, 0.1) is 0 Å². The van der Waals surface area contributed by atoms with Gasteiger partial charge in [-0.1, -0.05) is 42.5 Å². The van der Waals surface area contributed by atoms with Gasteiger partial charge < -0.3 is 0 Å². The first-order chi connectivity index (χ1) is 8.69. The van der Waals surface area contributed by atoms with E-state index in [1.165, 1.54) is 18.4 Å². The summed E-state index contributed by atoms with van der Waals surface area (Å²) in [6.07, 6.45) is 15.5. The second kappa shape index (κ2) is 7.65. The third kappa shape index (κ3) is 4.33. The lowest BCUT2D eigenvalue weighted by molar-refractivity contribution is -0.104. The Morgan fingerprint density at radius 3 is 2.67 bits per heavy atom. The quantitative estimate of drug-likeness (QED) is 0.388. The molecule has 0 saturated heterocycles. The number of hydrogen-bond donors (Lipinski definition) is 0. The lowest BCUT2D eigenvalue weighted by Crippen LogP contribution is -1.99. The van der Waals surface area contributed by atoms with Crippen molar-refractivity contribution in [3.63, 3.8) is 0 Å². The highest BCUT2D eigenvalue weighted by Gasteiger charge is 2.09. The van der Waals surface area contributed by atoms with E-state index in [1.807, 2.05) is 38.2 Å². The maximum absolute atomic E-state index is 11.2. The van der Waals surface area contributed by atoms with Crippen molar-refractivity contribution in [3.05, 3.63) is 59.3 Å². The summed E-state index contributed by atoms with van der Waals surface area (Å²) in [5.41, 5.74) is 4.22. The van der Waals surface area contributed by atoms with Crippen LogP contribution in [0, 0.1) is 0 Å². The van der Waals surface area contributed by atoms with Crippen LogP contribution < -0.4 is 0 Å². The van der Waals surface area contributed by atoms with Crippen molar-refractivity contribution in [2.24, 2.45) is 0 Å². The van der Waals surface area contributed by atoms with Crippen molar-refractivity contribution < 1.29 is 4.79 Å². The minimum Gasteiger partial charge on any atom is -0.298 e. The van der Waals surface area contributed by atoms with Gasteiger partial charge in [-0.2, -0.15) is 0 Å². The van der Waals surface area contributed by atoms with E-state index in [9.17, 15) is 4.79 Å². The predicted octanol–water partition coefficient (Wildman–Crippen LogP) is 4.69. The zero-order chi connectivity index (χ0) is 13.4. The zero-order valence-corrected chi connectivity index (χ0v) is 11.4. The Kier molecular flexibility index (Phi) is 6.13. The minimum absolute atomic E-state index is 0.857. The van der Waals surface area contributed by atoms with E-state index in [2.05, 4.69) is 12.7 Å². The maximum Gasteiger partial charge on any atom is 0.150 e. The Morgan fingerprint density at radius 1 is 1.33 bits per heavy atom. The van der Waals surface area contributed by atoms with E-state index in [-0.39, 0.29) is 0 Å². The van der Waals surface area contributed by atoms with Crippen LogP contribution in [-0.2, 0) is 4.79 Å². The number of carbonyl (C=O) groups excluding carboxylic acids is 1. The lowest BCUT2D eigenvalue weighted by atomic mass is 9.91. The van der Waals surface area contributed by atoms with Gasteiger partial charge in [0, 0.05) is 5.57 Å². The summed E-state index contributed by atoms with van der Waals surface area (Å²) in [7, 11) is 0. The summed E-state index contributed by atoms with van der Waals surface area (Å²) in [6, 6.07) is 0. The average molecular weight is 242 g/mol. The van der Waals surface area contributed by atoms with Crippen LogP contribution in [0.3, 0.4) is 0 Å². The second-order valence-electron chi connectivity index (χ2n) is 4.66. The Balaban J connectivity index is 2.89. The fourth-order valence-electron chi connectivity index (χ4n) is 2.01. The van der Waals surface area contributed by atoms with Gasteiger partial charge in [-0.15, -0.1) is 0 Å². The number of hydrogen-bond acceptors (Lipinski definition) is 1. The summed E-state index contributed by atoms with van der Waals surface area (Å²) in [5, 5.41) is 0. The topological polar surface area (TPSA) is 17.1 Å². The SMILES string of the molecule is C=CC(C)=CC=CC(C)=C(C=O)C1=CCCCC1. The van der Waals surface area contributed by atoms with Gasteiger partial charge in [-0.25, -0.2) is 0 Å². The number of rotatable bonds is 5. The van der Waals surface area contributed by atoms with E-state index in [0.717, 1.165) is 35.8 Å². The molecule has 1 rings (SSSR count). The van der Waals surface area contributed by atoms with Gasteiger partial charge in [0.25, 0.3) is 0 Å². The van der Waals surface area contributed by atoms with Gasteiger partial charge in [-0.3, -0.25) is 4.79 Å². The summed E-state index contributed by atoms with van der Waals surface area (Å²) in [5.74, 6) is 0. The Bertz CT molecular complexity index is 431. The molecule has 0 amide bonds. The van der Waals surface area contributed by atoms with Crippen LogP contribution in [0.1, 0.15) is 39.5 Å². The van der Waals surface area contributed by atoms with E-state index >= 15 is 0 Å². The summed E-state index contributed by atoms with van der Waals surface area (Å²) in [4.78, 5) is 11.2. The molecule has 0 aromatic carbocycles. The van der Waals surface area contributed by atoms with E-state index in [1.54, 1.807) is 0 Å². The molecular weight excluding hydrogens is 220 g/mol. The second-order valence-corrected chi connectivity index (χ2v) is 4.66. The number of carbonyl (C=O) groups is 1. The van der Waals surface area contributed by atoms with Crippen molar-refractivity contribution in [1.29, 1.82) is 0 Å². The van der Waals surface area contributed by atoms with Crippen molar-refractivity contribution >= 4 is 6.29 Å². The number of allylic oxidation sites excluding steroid dienone is 9. The smallest absolute Gasteiger partial charge is 0.150 e. The summed E-state index contributed by atoms with van der Waals surface area (Å²) in [6.45, 7) is 7.70. The highest BCUT2D eigenvalue weighted by atomic mass is 16.1. The fourth-order valence-corrected chi connectivity index (χ4v) is 2.01. The summed E-state index contributed by atoms with van der Waals surface area (Å²) >= 11 is 0. The Morgan fingerprint density at radius 2 is 2.11 bits per heavy atom. The highest BCUT2D eigenvalue weighted by molar-refractivity contribution is 5.82. The van der Waals surface area contributed by atoms with Crippen LogP contribution in [0.5, 0.6) is 0 Å². The molecule has 1 nitrogen and oxygen atoms in total. The van der Waals surface area contributed by atoms with E-state index < -0.39 is 0 Å². The van der Waals surface area contributed by atoms with Gasteiger partial charge in [-0.05, 0) is 50.7 Å². The molecular formula is C17H22O. The van der Waals surface area contributed by atoms with Crippen LogP contribution in [0.15, 0.2) is 59.3 Å². The minimum atomic E-state index is 0.857. The molecule has 0 heterocycles. The lowest BCUT2D eigenvalue weighted by Gasteiger charge is -2.13. The van der Waals surface area contributed by atoms with Crippen molar-refractivity contribution in [1.82, 2.24) is 0 Å². The van der Waals surface area contributed by atoms with E-state index in [4.69, 9.17) is 0 Å². The first-order valence-electron chi connectivity index (χ1n) is 6.52. The molecule has 0 bridgehead atoms. The molecule has 0 unspecified atom stereocenters. The number of aldehydes is 1. The van der Waals surface area contributed by atoms with Crippen LogP contribution in [0.4, 0.5) is 0 Å². The molecule has 0 saturated carbocycles. The third-order valence-electron chi connectivity index (χ3n) is 3.21. The Hall–Kier alpha value is -1.63. The monoisotopic (exact) mass is 242 g/mol. The molecule has 0 aliphatic heterocycles. The molecule has 0 aromatic heterocycles. The first kappa shape index (κ1) is 14.4. The van der Waals surface area contributed by atoms with Crippen molar-refractivity contribution in [2.75, 3.05) is 0 Å². The molecule has 0 N–H and O–H groups in total. The van der Waals surface area contributed by atoms with Crippen LogP contribution in [0.2, 0.25) is 0 Å². The van der Waals surface area contributed by atoms with E-state index in [0.29, 0.717) is 0 Å². The molecule has 0 aromatic rings. The van der Waals surface area contributed by atoms with Crippen molar-refractivity contribution in [2.45, 2.75) is 39.5 Å². The van der Waals surface area contributed by atoms with Gasteiger partial charge in [0.2, 0.25) is 0 Å². The molecule has 0 fully saturated rings. The first-order valence-corrected chi connectivity index (χ1v) is 6.52. The zero-order valence-electron chi connectivity index (χ0n) is 11.4. The van der Waals surface area contributed by atoms with Gasteiger partial charge in [0.15, 0.2) is 6.29 Å². The molecule has 0 spiro atoms. The third-order valence-corrected chi connectivity index (χ3v) is 3.21. The fraction of sp³-hybridized carbons (Fsp3) is 0.353. The largest absolute Gasteiger partial charge is 0.298 e. The summed E-state index contributed by atoms with van der Waals surface area (Å²) < 4.78 is 0. The molecule has 1 heteroatoms. The van der Waals surface area contributed by atoms with Crippen LogP contribution >= 0.6 is 0 Å². The van der Waals surface area contributed by atoms with Gasteiger partial charge in [0.1, 0.15) is 0 Å². The molecule has 0 atom stereocenters. The molecule has 96 valence electrons. The predicted molar refractivity (Wildman–Crippen MR) is 78.4 cm³/mol. The average Bonchev–Trinajstić information content (AvgIpc) is 2.40. The standard InChI is InChI=1S/C17H22O/c1-4-14(2)9-8-10-15(3)17(13-18)16-11-6-5-7-12-16/h4,8-11,13H,1,5-7,12H2,2-3H3. The molecule has 1 aliphatic carbocycles. The van der Waals surface area contributed by atoms with Crippen LogP contribution in [0.25, 0.3) is 0 Å². The molecule has 1 aliphatic rings. The normalized spacial score (nSPS) is 18.3. The Labute approximate surface area is 110 Å². The molecule has 18 heavy (non-hydrogen) atoms. The van der Waals surface area contributed by atoms with Crippen molar-refractivity contribution in [3.8, 4) is 0 Å².